The lowest BCUT2D eigenvalue weighted by molar-refractivity contribution is 0.245. The summed E-state index contributed by atoms with van der Waals surface area (Å²) in [4.78, 5) is 7.89. The number of hydrogen-bond donors (Lipinski definition) is 1. The Hall–Kier alpha value is -0.680. The van der Waals surface area contributed by atoms with Gasteiger partial charge in [-0.25, -0.2) is 4.98 Å². The third kappa shape index (κ3) is 2.58. The van der Waals surface area contributed by atoms with Crippen LogP contribution in [0.25, 0.3) is 11.2 Å². The minimum Gasteiger partial charge on any atom is -0.329 e. The molecule has 1 aliphatic rings. The lowest BCUT2D eigenvalue weighted by atomic mass is 9.83. The first-order valence-corrected chi connectivity index (χ1v) is 8.66. The molecule has 1 saturated carbocycles. The van der Waals surface area contributed by atoms with E-state index < -0.39 is 0 Å². The zero-order valence-corrected chi connectivity index (χ0v) is 14.1. The number of pyridine rings is 1. The molecule has 3 nitrogen and oxygen atoms in total. The molecule has 20 heavy (non-hydrogen) atoms. The van der Waals surface area contributed by atoms with Crippen LogP contribution in [0.5, 0.6) is 0 Å². The average Bonchev–Trinajstić information content (AvgIpc) is 2.77. The number of hydrogen-bond acceptors (Lipinski definition) is 2. The summed E-state index contributed by atoms with van der Waals surface area (Å²) in [6, 6.07) is 2.53. The van der Waals surface area contributed by atoms with Crippen LogP contribution in [0.4, 0.5) is 0 Å². The van der Waals surface area contributed by atoms with Crippen LogP contribution in [-0.2, 0) is 0 Å². The van der Waals surface area contributed by atoms with E-state index in [1.54, 1.807) is 0 Å². The van der Waals surface area contributed by atoms with Gasteiger partial charge >= 0.3 is 0 Å². The van der Waals surface area contributed by atoms with Crippen molar-refractivity contribution >= 4 is 39.3 Å². The van der Waals surface area contributed by atoms with E-state index in [2.05, 4.69) is 43.5 Å². The second kappa shape index (κ2) is 5.98. The van der Waals surface area contributed by atoms with E-state index in [1.807, 2.05) is 6.20 Å². The fraction of sp³-hybridized carbons (Fsp3) is 0.600. The topological polar surface area (TPSA) is 33.6 Å². The van der Waals surface area contributed by atoms with Crippen molar-refractivity contribution in [3.63, 3.8) is 0 Å². The molecule has 2 aromatic rings. The Labute approximate surface area is 132 Å². The number of halogens is 1. The van der Waals surface area contributed by atoms with Crippen LogP contribution in [0.1, 0.15) is 51.5 Å². The SMILES string of the molecule is CCC(C1CCCCC1)n1c(=S)[nH]c2cc(Br)cnc21. The van der Waals surface area contributed by atoms with Crippen LogP contribution in [-0.4, -0.2) is 14.5 Å². The smallest absolute Gasteiger partial charge is 0.179 e. The molecule has 5 heteroatoms. The van der Waals surface area contributed by atoms with Gasteiger partial charge in [0.05, 0.1) is 5.52 Å². The van der Waals surface area contributed by atoms with Gasteiger partial charge in [-0.3, -0.25) is 4.57 Å². The molecule has 1 unspecified atom stereocenters. The predicted octanol–water partition coefficient (Wildman–Crippen LogP) is 5.39. The van der Waals surface area contributed by atoms with Gasteiger partial charge in [0, 0.05) is 16.7 Å². The van der Waals surface area contributed by atoms with Crippen molar-refractivity contribution in [3.05, 3.63) is 21.5 Å². The van der Waals surface area contributed by atoms with E-state index in [0.717, 1.165) is 32.7 Å². The van der Waals surface area contributed by atoms with Gasteiger partial charge in [-0.05, 0) is 59.4 Å². The van der Waals surface area contributed by atoms with Crippen LogP contribution in [0.15, 0.2) is 16.7 Å². The van der Waals surface area contributed by atoms with Gasteiger partial charge in [-0.15, -0.1) is 0 Å². The fourth-order valence-electron chi connectivity index (χ4n) is 3.54. The van der Waals surface area contributed by atoms with Crippen molar-refractivity contribution in [2.24, 2.45) is 5.92 Å². The number of imidazole rings is 1. The first-order valence-electron chi connectivity index (χ1n) is 7.46. The Morgan fingerprint density at radius 1 is 1.45 bits per heavy atom. The zero-order chi connectivity index (χ0) is 14.1. The minimum absolute atomic E-state index is 0.477. The third-order valence-electron chi connectivity index (χ3n) is 4.47. The molecule has 1 N–H and O–H groups in total. The van der Waals surface area contributed by atoms with Crippen LogP contribution >= 0.6 is 28.1 Å². The summed E-state index contributed by atoms with van der Waals surface area (Å²) >= 11 is 9.03. The highest BCUT2D eigenvalue weighted by Gasteiger charge is 2.26. The van der Waals surface area contributed by atoms with Crippen molar-refractivity contribution in [3.8, 4) is 0 Å². The highest BCUT2D eigenvalue weighted by atomic mass is 79.9. The van der Waals surface area contributed by atoms with Crippen LogP contribution in [0.3, 0.4) is 0 Å². The maximum Gasteiger partial charge on any atom is 0.179 e. The fourth-order valence-corrected chi connectivity index (χ4v) is 4.20. The van der Waals surface area contributed by atoms with Gasteiger partial charge in [0.1, 0.15) is 0 Å². The second-order valence-corrected chi connectivity index (χ2v) is 7.00. The Kier molecular flexibility index (Phi) is 4.26. The monoisotopic (exact) mass is 353 g/mol. The van der Waals surface area contributed by atoms with Gasteiger partial charge in [0.25, 0.3) is 0 Å². The Morgan fingerprint density at radius 2 is 2.20 bits per heavy atom. The first kappa shape index (κ1) is 14.3. The maximum absolute atomic E-state index is 5.56. The maximum atomic E-state index is 5.56. The lowest BCUT2D eigenvalue weighted by Gasteiger charge is -2.30. The standard InChI is InChI=1S/C15H20BrN3S/c1-2-13(10-6-4-3-5-7-10)19-14-12(18-15(19)20)8-11(16)9-17-14/h8-10,13H,2-7H2,1H3,(H,18,20). The van der Waals surface area contributed by atoms with Crippen LogP contribution in [0, 0.1) is 10.7 Å². The van der Waals surface area contributed by atoms with Gasteiger partial charge in [-0.2, -0.15) is 0 Å². The molecular formula is C15H20BrN3S. The molecule has 108 valence electrons. The highest BCUT2D eigenvalue weighted by molar-refractivity contribution is 9.10. The summed E-state index contributed by atoms with van der Waals surface area (Å²) in [6.07, 6.45) is 9.72. The number of rotatable bonds is 3. The summed E-state index contributed by atoms with van der Waals surface area (Å²) in [5.41, 5.74) is 2.02. The molecule has 0 aromatic carbocycles. The van der Waals surface area contributed by atoms with E-state index in [4.69, 9.17) is 12.2 Å². The molecule has 2 heterocycles. The molecule has 1 aliphatic carbocycles. The van der Waals surface area contributed by atoms with Crippen molar-refractivity contribution in [2.75, 3.05) is 0 Å². The number of aromatic amines is 1. The molecule has 0 bridgehead atoms. The summed E-state index contributed by atoms with van der Waals surface area (Å²) < 4.78 is 4.05. The van der Waals surface area contributed by atoms with Gasteiger partial charge in [0.2, 0.25) is 0 Å². The number of nitrogens with one attached hydrogen (secondary N) is 1. The minimum atomic E-state index is 0.477. The second-order valence-electron chi connectivity index (χ2n) is 5.70. The van der Waals surface area contributed by atoms with Gasteiger partial charge < -0.3 is 4.98 Å². The summed E-state index contributed by atoms with van der Waals surface area (Å²) in [6.45, 7) is 2.26. The molecule has 0 radical (unpaired) electrons. The first-order chi connectivity index (χ1) is 9.70. The van der Waals surface area contributed by atoms with Crippen molar-refractivity contribution in [1.29, 1.82) is 0 Å². The summed E-state index contributed by atoms with van der Waals surface area (Å²) in [5, 5.41) is 0. The third-order valence-corrected chi connectivity index (χ3v) is 5.20. The lowest BCUT2D eigenvalue weighted by Crippen LogP contribution is -2.21. The quantitative estimate of drug-likeness (QED) is 0.750. The molecule has 0 aliphatic heterocycles. The van der Waals surface area contributed by atoms with Crippen molar-refractivity contribution in [1.82, 2.24) is 14.5 Å². The molecule has 3 rings (SSSR count). The largest absolute Gasteiger partial charge is 0.329 e. The van der Waals surface area contributed by atoms with Crippen LogP contribution in [0.2, 0.25) is 0 Å². The number of fused-ring (bicyclic) bond motifs is 1. The summed E-state index contributed by atoms with van der Waals surface area (Å²) in [7, 11) is 0. The highest BCUT2D eigenvalue weighted by Crippen LogP contribution is 2.36. The molecule has 1 fully saturated rings. The van der Waals surface area contributed by atoms with Gasteiger partial charge in [0.15, 0.2) is 10.4 Å². The molecule has 2 aromatic heterocycles. The van der Waals surface area contributed by atoms with E-state index >= 15 is 0 Å². The number of aromatic nitrogens is 3. The van der Waals surface area contributed by atoms with E-state index in [-0.39, 0.29) is 0 Å². The average molecular weight is 354 g/mol. The zero-order valence-electron chi connectivity index (χ0n) is 11.7. The molecular weight excluding hydrogens is 334 g/mol. The Morgan fingerprint density at radius 3 is 2.90 bits per heavy atom. The molecule has 0 saturated heterocycles. The van der Waals surface area contributed by atoms with E-state index in [1.165, 1.54) is 32.1 Å². The predicted molar refractivity (Wildman–Crippen MR) is 88.5 cm³/mol. The number of H-pyrrole nitrogens is 1. The Bertz CT molecular complexity index is 655. The Balaban J connectivity index is 2.06. The van der Waals surface area contributed by atoms with E-state index in [9.17, 15) is 0 Å². The number of nitrogens with zero attached hydrogens (tertiary/aromatic N) is 2. The van der Waals surface area contributed by atoms with E-state index in [0.29, 0.717) is 6.04 Å². The van der Waals surface area contributed by atoms with Crippen molar-refractivity contribution < 1.29 is 0 Å². The molecule has 1 atom stereocenters. The van der Waals surface area contributed by atoms with Gasteiger partial charge in [-0.1, -0.05) is 26.2 Å². The summed E-state index contributed by atoms with van der Waals surface area (Å²) in [5.74, 6) is 0.741. The molecule has 0 spiro atoms. The van der Waals surface area contributed by atoms with Crippen molar-refractivity contribution in [2.45, 2.75) is 51.5 Å². The normalized spacial score (nSPS) is 18.5. The molecule has 0 amide bonds. The van der Waals surface area contributed by atoms with Crippen LogP contribution < -0.4 is 0 Å².